The number of nitriles is 1. The van der Waals surface area contributed by atoms with Crippen LogP contribution in [-0.2, 0) is 24.9 Å². The van der Waals surface area contributed by atoms with E-state index < -0.39 is 7.34 Å². The van der Waals surface area contributed by atoms with Crippen LogP contribution in [0.25, 0.3) is 0 Å². The predicted molar refractivity (Wildman–Crippen MR) is 106 cm³/mol. The molecule has 26 heavy (non-hydrogen) atoms. The van der Waals surface area contributed by atoms with Crippen LogP contribution in [0.4, 0.5) is 0 Å². The Morgan fingerprint density at radius 3 is 2.69 bits per heavy atom. The Bertz CT molecular complexity index is 628. The van der Waals surface area contributed by atoms with E-state index in [1.54, 1.807) is 7.11 Å². The van der Waals surface area contributed by atoms with Crippen LogP contribution in [0.2, 0.25) is 0 Å². The Balaban J connectivity index is 2.04. The van der Waals surface area contributed by atoms with E-state index >= 15 is 0 Å². The maximum atomic E-state index is 8.76. The summed E-state index contributed by atoms with van der Waals surface area (Å²) in [5, 5.41) is 8.76. The summed E-state index contributed by atoms with van der Waals surface area (Å²) in [4.78, 5) is 0. The maximum absolute atomic E-state index is 8.76. The Hall–Kier alpha value is -1.15. The van der Waals surface area contributed by atoms with Crippen LogP contribution in [0.5, 0.6) is 0 Å². The van der Waals surface area contributed by atoms with Gasteiger partial charge in [-0.25, -0.2) is 0 Å². The fourth-order valence-electron chi connectivity index (χ4n) is 3.01. The van der Waals surface area contributed by atoms with Gasteiger partial charge in [0.1, 0.15) is 13.4 Å². The monoisotopic (exact) mass is 379 g/mol. The topological polar surface area (TPSA) is 60.7 Å². The third-order valence-electron chi connectivity index (χ3n) is 4.54. The van der Waals surface area contributed by atoms with E-state index in [4.69, 9.17) is 23.8 Å². The minimum Gasteiger partial charge on any atom is -0.382 e. The van der Waals surface area contributed by atoms with Crippen molar-refractivity contribution in [2.24, 2.45) is 0 Å². The molecule has 0 spiro atoms. The van der Waals surface area contributed by atoms with Crippen LogP contribution in [0, 0.1) is 11.3 Å². The molecule has 1 aliphatic rings. The molecule has 0 radical (unpaired) electrons. The number of rotatable bonds is 10. The third-order valence-corrected chi connectivity index (χ3v) is 7.36. The Labute approximate surface area is 157 Å². The summed E-state index contributed by atoms with van der Waals surface area (Å²) in [6, 6.07) is 12.4. The molecule has 2 unspecified atom stereocenters. The SMILES string of the molecule is C=P(OCCC#N)(OC1C[C@H](Cc2ccccc2)O[C@@H]1COC)C(C)C. The Kier molecular flexibility index (Phi) is 8.34. The predicted octanol–water partition coefficient (Wildman–Crippen LogP) is 4.04. The molecule has 0 aromatic heterocycles. The molecular formula is C20H30NO4P. The van der Waals surface area contributed by atoms with Gasteiger partial charge in [-0.3, -0.25) is 0 Å². The summed E-state index contributed by atoms with van der Waals surface area (Å²) < 4.78 is 23.9. The first-order chi connectivity index (χ1) is 12.5. The van der Waals surface area contributed by atoms with Crippen molar-refractivity contribution >= 4 is 13.6 Å². The van der Waals surface area contributed by atoms with Gasteiger partial charge in [-0.1, -0.05) is 50.5 Å². The zero-order valence-electron chi connectivity index (χ0n) is 16.0. The Morgan fingerprint density at radius 2 is 2.08 bits per heavy atom. The van der Waals surface area contributed by atoms with Gasteiger partial charge >= 0.3 is 0 Å². The van der Waals surface area contributed by atoms with Gasteiger partial charge in [0.15, 0.2) is 0 Å². The van der Waals surface area contributed by atoms with Crippen molar-refractivity contribution in [1.29, 1.82) is 5.26 Å². The highest BCUT2D eigenvalue weighted by atomic mass is 31.2. The second-order valence-corrected chi connectivity index (χ2v) is 9.84. The molecule has 1 fully saturated rings. The summed E-state index contributed by atoms with van der Waals surface area (Å²) in [7, 11) is -0.657. The fourth-order valence-corrected chi connectivity index (χ4v) is 4.69. The molecule has 1 aromatic rings. The number of methoxy groups -OCH3 is 1. The molecule has 0 saturated carbocycles. The van der Waals surface area contributed by atoms with E-state index in [1.807, 2.05) is 18.2 Å². The molecular weight excluding hydrogens is 349 g/mol. The second-order valence-electron chi connectivity index (χ2n) is 6.88. The lowest BCUT2D eigenvalue weighted by Crippen LogP contribution is -2.29. The lowest BCUT2D eigenvalue weighted by atomic mass is 10.0. The van der Waals surface area contributed by atoms with Crippen LogP contribution in [-0.4, -0.2) is 50.6 Å². The van der Waals surface area contributed by atoms with Gasteiger partial charge in [0.2, 0.25) is 0 Å². The molecule has 144 valence electrons. The molecule has 6 heteroatoms. The van der Waals surface area contributed by atoms with Gasteiger partial charge in [-0.15, -0.1) is 0 Å². The average molecular weight is 379 g/mol. The first kappa shape index (κ1) is 21.2. The van der Waals surface area contributed by atoms with Crippen LogP contribution in [0.3, 0.4) is 0 Å². The molecule has 0 bridgehead atoms. The van der Waals surface area contributed by atoms with Crippen molar-refractivity contribution in [3.05, 3.63) is 35.9 Å². The number of ether oxygens (including phenoxy) is 2. The van der Waals surface area contributed by atoms with Crippen molar-refractivity contribution in [1.82, 2.24) is 0 Å². The summed E-state index contributed by atoms with van der Waals surface area (Å²) in [5.41, 5.74) is 1.40. The van der Waals surface area contributed by atoms with Gasteiger partial charge in [0.05, 0.1) is 37.9 Å². The summed E-state index contributed by atoms with van der Waals surface area (Å²) in [6.45, 7) is 4.93. The Morgan fingerprint density at radius 1 is 1.35 bits per heavy atom. The molecule has 1 saturated heterocycles. The largest absolute Gasteiger partial charge is 0.382 e. The van der Waals surface area contributed by atoms with Gasteiger partial charge in [0.25, 0.3) is 0 Å². The fraction of sp³-hybridized carbons (Fsp3) is 0.600. The number of hydrogen-bond acceptors (Lipinski definition) is 5. The zero-order valence-corrected chi connectivity index (χ0v) is 16.9. The standard InChI is InChI=1S/C20H30NO4P/c1-16(2)26(4,23-12-8-11-21)25-19-14-18(24-20(19)15-22-3)13-17-9-6-5-7-10-17/h5-7,9-10,16,18-20H,4,8,12-15H2,1-3H3/t18-,19?,20+,26?/m0/s1. The van der Waals surface area contributed by atoms with E-state index in [9.17, 15) is 0 Å². The highest BCUT2D eigenvalue weighted by Crippen LogP contribution is 2.55. The number of hydrogen-bond donors (Lipinski definition) is 0. The van der Waals surface area contributed by atoms with E-state index in [2.05, 4.69) is 38.3 Å². The first-order valence-electron chi connectivity index (χ1n) is 9.09. The van der Waals surface area contributed by atoms with E-state index in [0.717, 1.165) is 12.8 Å². The smallest absolute Gasteiger partial charge is 0.120 e. The van der Waals surface area contributed by atoms with Gasteiger partial charge in [0, 0.05) is 19.2 Å². The minimum atomic E-state index is -2.33. The number of benzene rings is 1. The van der Waals surface area contributed by atoms with Gasteiger partial charge in [-0.05, 0) is 12.0 Å². The van der Waals surface area contributed by atoms with Crippen LogP contribution in [0.1, 0.15) is 32.3 Å². The van der Waals surface area contributed by atoms with Crippen LogP contribution >= 0.6 is 7.34 Å². The van der Waals surface area contributed by atoms with Crippen molar-refractivity contribution in [2.45, 2.75) is 57.1 Å². The van der Waals surface area contributed by atoms with E-state index in [1.165, 1.54) is 5.56 Å². The van der Waals surface area contributed by atoms with Crippen molar-refractivity contribution in [3.63, 3.8) is 0 Å². The minimum absolute atomic E-state index is 0.0854. The van der Waals surface area contributed by atoms with Crippen LogP contribution < -0.4 is 0 Å². The molecule has 4 atom stereocenters. The van der Waals surface area contributed by atoms with Crippen molar-refractivity contribution < 1.29 is 18.5 Å². The molecule has 0 aliphatic carbocycles. The molecule has 0 amide bonds. The molecule has 5 nitrogen and oxygen atoms in total. The van der Waals surface area contributed by atoms with Crippen molar-refractivity contribution in [2.75, 3.05) is 20.3 Å². The molecule has 1 aromatic carbocycles. The van der Waals surface area contributed by atoms with Crippen LogP contribution in [0.15, 0.2) is 30.3 Å². The molecule has 1 aliphatic heterocycles. The highest BCUT2D eigenvalue weighted by molar-refractivity contribution is 7.65. The first-order valence-corrected chi connectivity index (χ1v) is 11.0. The van der Waals surface area contributed by atoms with Gasteiger partial charge in [-0.2, -0.15) is 5.26 Å². The molecule has 0 N–H and O–H groups in total. The average Bonchev–Trinajstić information content (AvgIpc) is 2.97. The molecule has 1 heterocycles. The highest BCUT2D eigenvalue weighted by Gasteiger charge is 2.39. The third kappa shape index (κ3) is 5.94. The second kappa shape index (κ2) is 10.3. The van der Waals surface area contributed by atoms with E-state index in [-0.39, 0.29) is 24.0 Å². The summed E-state index contributed by atoms with van der Waals surface area (Å²) in [6.07, 6.45) is 6.08. The zero-order chi connectivity index (χ0) is 19.0. The summed E-state index contributed by atoms with van der Waals surface area (Å²) in [5.74, 6) is 0. The normalized spacial score (nSPS) is 25.1. The summed E-state index contributed by atoms with van der Waals surface area (Å²) >= 11 is 0. The maximum Gasteiger partial charge on any atom is 0.120 e. The molecule has 2 rings (SSSR count). The van der Waals surface area contributed by atoms with E-state index in [0.29, 0.717) is 19.6 Å². The quantitative estimate of drug-likeness (QED) is 0.454. The lowest BCUT2D eigenvalue weighted by Gasteiger charge is -2.32. The number of nitrogens with zero attached hydrogens (tertiary/aromatic N) is 1. The lowest BCUT2D eigenvalue weighted by molar-refractivity contribution is -0.0282. The van der Waals surface area contributed by atoms with Crippen molar-refractivity contribution in [3.8, 4) is 6.07 Å². The van der Waals surface area contributed by atoms with Gasteiger partial charge < -0.3 is 18.5 Å².